The van der Waals surface area contributed by atoms with E-state index in [2.05, 4.69) is 13.2 Å². The van der Waals surface area contributed by atoms with E-state index in [1.54, 1.807) is 23.9 Å². The zero-order valence-electron chi connectivity index (χ0n) is 16.1. The molecule has 0 aliphatic heterocycles. The van der Waals surface area contributed by atoms with Gasteiger partial charge in [-0.05, 0) is 48.4 Å². The Balaban J connectivity index is 0.000000253. The van der Waals surface area contributed by atoms with Gasteiger partial charge in [0, 0.05) is 16.7 Å². The summed E-state index contributed by atoms with van der Waals surface area (Å²) in [7, 11) is -3.12. The Bertz CT molecular complexity index is 1110. The summed E-state index contributed by atoms with van der Waals surface area (Å²) in [6, 6.07) is 14.7. The Morgan fingerprint density at radius 1 is 1.00 bits per heavy atom. The Morgan fingerprint density at radius 2 is 1.62 bits per heavy atom. The van der Waals surface area contributed by atoms with Crippen LogP contribution < -0.4 is 0 Å². The van der Waals surface area contributed by atoms with Gasteiger partial charge in [-0.15, -0.1) is 0 Å². The van der Waals surface area contributed by atoms with Gasteiger partial charge in [-0.2, -0.15) is 0 Å². The molecule has 0 radical (unpaired) electrons. The quantitative estimate of drug-likeness (QED) is 0.503. The van der Waals surface area contributed by atoms with E-state index in [0.717, 1.165) is 44.1 Å². The van der Waals surface area contributed by atoms with Crippen molar-refractivity contribution >= 4 is 45.1 Å². The second-order valence-electron chi connectivity index (χ2n) is 6.06. The SMILES string of the molecule is C=Cc1c(C)cc(Sc2ccccc2)c(O)c1C=C.CS(=O)(=O)c1ccc(O)s1. The molecule has 1 aromatic heterocycles. The average molecular weight is 447 g/mol. The fourth-order valence-corrected chi connectivity index (χ4v) is 5.14. The van der Waals surface area contributed by atoms with Crippen molar-refractivity contribution in [2.75, 3.05) is 6.26 Å². The van der Waals surface area contributed by atoms with Crippen LogP contribution in [-0.4, -0.2) is 24.9 Å². The lowest BCUT2D eigenvalue weighted by atomic mass is 10.0. The molecule has 3 aromatic rings. The Morgan fingerprint density at radius 3 is 2.07 bits per heavy atom. The molecule has 0 spiro atoms. The minimum Gasteiger partial charge on any atom is -0.506 e. The maximum atomic E-state index is 10.7. The molecular weight excluding hydrogens is 424 g/mol. The third kappa shape index (κ3) is 6.00. The molecule has 0 bridgehead atoms. The van der Waals surface area contributed by atoms with Gasteiger partial charge in [0.25, 0.3) is 0 Å². The van der Waals surface area contributed by atoms with E-state index in [9.17, 15) is 13.5 Å². The largest absolute Gasteiger partial charge is 0.506 e. The molecule has 1 heterocycles. The molecule has 0 atom stereocenters. The zero-order chi connectivity index (χ0) is 21.6. The summed E-state index contributed by atoms with van der Waals surface area (Å²) >= 11 is 2.41. The molecule has 4 nitrogen and oxygen atoms in total. The second kappa shape index (κ2) is 9.82. The van der Waals surface area contributed by atoms with Crippen LogP contribution in [0.1, 0.15) is 16.7 Å². The summed E-state index contributed by atoms with van der Waals surface area (Å²) in [5.74, 6) is 0.268. The maximum absolute atomic E-state index is 10.7. The molecule has 0 unspecified atom stereocenters. The number of hydrogen-bond donors (Lipinski definition) is 2. The highest BCUT2D eigenvalue weighted by atomic mass is 32.2. The normalized spacial score (nSPS) is 10.7. The monoisotopic (exact) mass is 446 g/mol. The molecule has 0 saturated heterocycles. The summed E-state index contributed by atoms with van der Waals surface area (Å²) in [5.41, 5.74) is 2.76. The van der Waals surface area contributed by atoms with E-state index in [-0.39, 0.29) is 15.0 Å². The fourth-order valence-electron chi connectivity index (χ4n) is 2.50. The van der Waals surface area contributed by atoms with Crippen LogP contribution in [0.5, 0.6) is 10.8 Å². The first kappa shape index (κ1) is 22.8. The minimum absolute atomic E-state index is 0.0282. The van der Waals surface area contributed by atoms with Crippen molar-refractivity contribution in [2.45, 2.75) is 20.9 Å². The van der Waals surface area contributed by atoms with Crippen LogP contribution in [0.2, 0.25) is 0 Å². The van der Waals surface area contributed by atoms with Crippen LogP contribution in [0.3, 0.4) is 0 Å². The first-order valence-corrected chi connectivity index (χ1v) is 12.0. The van der Waals surface area contributed by atoms with Gasteiger partial charge in [-0.25, -0.2) is 8.42 Å². The third-order valence-electron chi connectivity index (χ3n) is 3.86. The average Bonchev–Trinajstić information content (AvgIpc) is 3.12. The number of benzene rings is 2. The van der Waals surface area contributed by atoms with E-state index < -0.39 is 9.84 Å². The van der Waals surface area contributed by atoms with E-state index in [0.29, 0.717) is 0 Å². The molecule has 0 aliphatic rings. The summed E-state index contributed by atoms with van der Waals surface area (Å²) in [5, 5.41) is 19.1. The molecule has 0 fully saturated rings. The van der Waals surface area contributed by atoms with Gasteiger partial charge in [0.15, 0.2) is 14.9 Å². The lowest BCUT2D eigenvalue weighted by Crippen LogP contribution is -1.91. The standard InChI is InChI=1S/C17H16OS.C5H6O3S2/c1-4-14-12(3)11-16(17(18)15(14)5-2)19-13-9-7-6-8-10-13;1-10(7,8)5-3-2-4(6)9-5/h4-11,18H,1-2H2,3H3;2-3,6H,1H3. The van der Waals surface area contributed by atoms with Crippen molar-refractivity contribution < 1.29 is 18.6 Å². The molecule has 0 aliphatic carbocycles. The van der Waals surface area contributed by atoms with Crippen LogP contribution >= 0.6 is 23.1 Å². The van der Waals surface area contributed by atoms with Crippen LogP contribution in [0, 0.1) is 6.92 Å². The molecule has 152 valence electrons. The predicted octanol–water partition coefficient (Wildman–Crippen LogP) is 6.00. The Hall–Kier alpha value is -2.48. The van der Waals surface area contributed by atoms with Crippen LogP contribution in [0.4, 0.5) is 0 Å². The second-order valence-corrected chi connectivity index (χ2v) is 10.5. The number of sulfone groups is 1. The number of thiophene rings is 1. The molecule has 29 heavy (non-hydrogen) atoms. The van der Waals surface area contributed by atoms with Crippen molar-refractivity contribution in [3.8, 4) is 10.8 Å². The Labute approximate surface area is 179 Å². The topological polar surface area (TPSA) is 74.6 Å². The van der Waals surface area contributed by atoms with Crippen LogP contribution in [0.15, 0.2) is 75.7 Å². The van der Waals surface area contributed by atoms with E-state index in [1.165, 1.54) is 12.1 Å². The molecule has 2 aromatic carbocycles. The van der Waals surface area contributed by atoms with Gasteiger partial charge >= 0.3 is 0 Å². The highest BCUT2D eigenvalue weighted by molar-refractivity contribution is 7.99. The maximum Gasteiger partial charge on any atom is 0.185 e. The van der Waals surface area contributed by atoms with Gasteiger partial charge in [0.2, 0.25) is 0 Å². The highest BCUT2D eigenvalue weighted by Crippen LogP contribution is 2.40. The molecule has 3 rings (SSSR count). The molecule has 7 heteroatoms. The van der Waals surface area contributed by atoms with Crippen molar-refractivity contribution in [3.05, 3.63) is 78.4 Å². The molecular formula is C22H22O4S3. The van der Waals surface area contributed by atoms with Crippen molar-refractivity contribution in [1.82, 2.24) is 0 Å². The number of phenols is 1. The van der Waals surface area contributed by atoms with Crippen LogP contribution in [0.25, 0.3) is 12.2 Å². The number of rotatable bonds is 5. The molecule has 0 saturated carbocycles. The van der Waals surface area contributed by atoms with Gasteiger partial charge in [-0.1, -0.05) is 66.6 Å². The Kier molecular flexibility index (Phi) is 7.73. The minimum atomic E-state index is -3.12. The highest BCUT2D eigenvalue weighted by Gasteiger charge is 2.13. The third-order valence-corrected chi connectivity index (χ3v) is 7.61. The van der Waals surface area contributed by atoms with Gasteiger partial charge in [0.05, 0.1) is 4.90 Å². The molecule has 2 N–H and O–H groups in total. The smallest absolute Gasteiger partial charge is 0.185 e. The summed E-state index contributed by atoms with van der Waals surface area (Å²) in [6.45, 7) is 9.57. The van der Waals surface area contributed by atoms with E-state index in [4.69, 9.17) is 5.11 Å². The van der Waals surface area contributed by atoms with E-state index >= 15 is 0 Å². The first-order valence-electron chi connectivity index (χ1n) is 8.50. The summed E-state index contributed by atoms with van der Waals surface area (Å²) in [4.78, 5) is 1.93. The summed E-state index contributed by atoms with van der Waals surface area (Å²) < 4.78 is 21.7. The van der Waals surface area contributed by atoms with Crippen molar-refractivity contribution in [1.29, 1.82) is 0 Å². The van der Waals surface area contributed by atoms with Crippen molar-refractivity contribution in [3.63, 3.8) is 0 Å². The van der Waals surface area contributed by atoms with Gasteiger partial charge in [-0.3, -0.25) is 0 Å². The predicted molar refractivity (Wildman–Crippen MR) is 123 cm³/mol. The van der Waals surface area contributed by atoms with Gasteiger partial charge in [0.1, 0.15) is 9.96 Å². The summed E-state index contributed by atoms with van der Waals surface area (Å²) in [6.07, 6.45) is 4.54. The lowest BCUT2D eigenvalue weighted by Gasteiger charge is -2.13. The van der Waals surface area contributed by atoms with E-state index in [1.807, 2.05) is 43.3 Å². The van der Waals surface area contributed by atoms with Crippen molar-refractivity contribution in [2.24, 2.45) is 0 Å². The molecule has 0 amide bonds. The number of aryl methyl sites for hydroxylation is 1. The number of phenolic OH excluding ortho intramolecular Hbond substituents is 1. The first-order chi connectivity index (χ1) is 13.7. The fraction of sp³-hybridized carbons (Fsp3) is 0.0909. The lowest BCUT2D eigenvalue weighted by molar-refractivity contribution is 0.460. The number of aromatic hydroxyl groups is 2. The van der Waals surface area contributed by atoms with Crippen LogP contribution in [-0.2, 0) is 9.84 Å². The number of hydrogen-bond acceptors (Lipinski definition) is 6. The zero-order valence-corrected chi connectivity index (χ0v) is 18.6. The van der Waals surface area contributed by atoms with Gasteiger partial charge < -0.3 is 10.2 Å².